The Morgan fingerprint density at radius 2 is 1.68 bits per heavy atom. The van der Waals surface area contributed by atoms with Crippen LogP contribution < -0.4 is 0 Å². The molecule has 0 amide bonds. The lowest BCUT2D eigenvalue weighted by Gasteiger charge is -2.34. The molecular weight excluding hydrogens is 236 g/mol. The zero-order valence-electron chi connectivity index (χ0n) is 12.3. The van der Waals surface area contributed by atoms with Crippen molar-refractivity contribution in [3.63, 3.8) is 0 Å². The highest BCUT2D eigenvalue weighted by Gasteiger charge is 2.37. The minimum atomic E-state index is 0.247. The molecule has 1 unspecified atom stereocenters. The molecule has 1 N–H and O–H groups in total. The summed E-state index contributed by atoms with van der Waals surface area (Å²) in [5.41, 5.74) is 0.247. The van der Waals surface area contributed by atoms with E-state index in [2.05, 4.69) is 9.80 Å². The van der Waals surface area contributed by atoms with E-state index in [1.807, 2.05) is 0 Å². The van der Waals surface area contributed by atoms with E-state index in [9.17, 15) is 5.11 Å². The fourth-order valence-corrected chi connectivity index (χ4v) is 4.50. The number of nitrogens with zero attached hydrogens (tertiary/aromatic N) is 2. The normalized spacial score (nSPS) is 33.0. The van der Waals surface area contributed by atoms with Gasteiger partial charge in [0.2, 0.25) is 0 Å². The summed E-state index contributed by atoms with van der Waals surface area (Å²) in [5.74, 6) is 0. The lowest BCUT2D eigenvalue weighted by molar-refractivity contribution is 0.0822. The van der Waals surface area contributed by atoms with Crippen LogP contribution in [0.4, 0.5) is 0 Å². The van der Waals surface area contributed by atoms with Crippen LogP contribution in [0.25, 0.3) is 0 Å². The number of piperidine rings is 1. The van der Waals surface area contributed by atoms with Crippen LogP contribution in [0, 0.1) is 5.41 Å². The van der Waals surface area contributed by atoms with Crippen molar-refractivity contribution < 1.29 is 5.11 Å². The molecule has 0 aromatic rings. The van der Waals surface area contributed by atoms with E-state index >= 15 is 0 Å². The number of aliphatic hydroxyl groups excluding tert-OH is 1. The van der Waals surface area contributed by atoms with Crippen molar-refractivity contribution in [3.05, 3.63) is 0 Å². The molecule has 19 heavy (non-hydrogen) atoms. The monoisotopic (exact) mass is 266 g/mol. The van der Waals surface area contributed by atoms with Crippen LogP contribution in [-0.4, -0.2) is 60.3 Å². The van der Waals surface area contributed by atoms with Gasteiger partial charge in [0.15, 0.2) is 0 Å². The molecule has 1 saturated carbocycles. The van der Waals surface area contributed by atoms with E-state index in [1.165, 1.54) is 77.5 Å². The van der Waals surface area contributed by atoms with Gasteiger partial charge in [-0.2, -0.15) is 0 Å². The van der Waals surface area contributed by atoms with Crippen molar-refractivity contribution in [1.29, 1.82) is 0 Å². The van der Waals surface area contributed by atoms with E-state index in [-0.39, 0.29) is 5.41 Å². The molecule has 1 atom stereocenters. The molecule has 2 saturated heterocycles. The molecular formula is C16H30N2O. The maximum absolute atomic E-state index is 9.75. The second-order valence-electron chi connectivity index (χ2n) is 7.14. The molecule has 110 valence electrons. The van der Waals surface area contributed by atoms with Gasteiger partial charge in [0.25, 0.3) is 0 Å². The smallest absolute Gasteiger partial charge is 0.0499 e. The highest BCUT2D eigenvalue weighted by Crippen LogP contribution is 2.39. The second-order valence-corrected chi connectivity index (χ2v) is 7.14. The molecule has 3 rings (SSSR count). The quantitative estimate of drug-likeness (QED) is 0.844. The first-order chi connectivity index (χ1) is 9.31. The second kappa shape index (κ2) is 6.11. The molecule has 3 fully saturated rings. The first-order valence-corrected chi connectivity index (χ1v) is 8.39. The third-order valence-corrected chi connectivity index (χ3v) is 5.71. The molecule has 3 nitrogen and oxygen atoms in total. The van der Waals surface area contributed by atoms with Crippen LogP contribution >= 0.6 is 0 Å². The van der Waals surface area contributed by atoms with Crippen LogP contribution in [0.5, 0.6) is 0 Å². The Labute approximate surface area is 118 Å². The van der Waals surface area contributed by atoms with Crippen LogP contribution in [0.1, 0.15) is 51.4 Å². The highest BCUT2D eigenvalue weighted by atomic mass is 16.3. The van der Waals surface area contributed by atoms with Crippen LogP contribution in [0.3, 0.4) is 0 Å². The average Bonchev–Trinajstić information content (AvgIpc) is 3.10. The predicted molar refractivity (Wildman–Crippen MR) is 78.3 cm³/mol. The van der Waals surface area contributed by atoms with Gasteiger partial charge in [-0.1, -0.05) is 19.3 Å². The molecule has 3 heteroatoms. The Morgan fingerprint density at radius 1 is 0.947 bits per heavy atom. The van der Waals surface area contributed by atoms with Crippen molar-refractivity contribution in [2.45, 2.75) is 57.4 Å². The van der Waals surface area contributed by atoms with Gasteiger partial charge in [0, 0.05) is 31.2 Å². The summed E-state index contributed by atoms with van der Waals surface area (Å²) in [7, 11) is 0. The van der Waals surface area contributed by atoms with Gasteiger partial charge in [-0.3, -0.25) is 4.90 Å². The lowest BCUT2D eigenvalue weighted by Crippen LogP contribution is -2.43. The van der Waals surface area contributed by atoms with Gasteiger partial charge in [0.05, 0.1) is 0 Å². The fourth-order valence-electron chi connectivity index (χ4n) is 4.50. The Morgan fingerprint density at radius 3 is 2.37 bits per heavy atom. The summed E-state index contributed by atoms with van der Waals surface area (Å²) in [6.45, 7) is 6.70. The minimum absolute atomic E-state index is 0.247. The van der Waals surface area contributed by atoms with Crippen molar-refractivity contribution in [1.82, 2.24) is 9.80 Å². The largest absolute Gasteiger partial charge is 0.396 e. The van der Waals surface area contributed by atoms with Gasteiger partial charge < -0.3 is 10.0 Å². The number of hydrogen-bond acceptors (Lipinski definition) is 3. The fraction of sp³-hybridized carbons (Fsp3) is 1.00. The van der Waals surface area contributed by atoms with Gasteiger partial charge in [0.1, 0.15) is 0 Å². The molecule has 3 aliphatic rings. The van der Waals surface area contributed by atoms with Crippen molar-refractivity contribution in [3.8, 4) is 0 Å². The van der Waals surface area contributed by atoms with E-state index in [0.29, 0.717) is 6.61 Å². The van der Waals surface area contributed by atoms with E-state index in [0.717, 1.165) is 12.6 Å². The number of hydrogen-bond donors (Lipinski definition) is 1. The SMILES string of the molecule is OCC1(CN2CCC(N3CCCCC3)C2)CCCC1. The highest BCUT2D eigenvalue weighted by molar-refractivity contribution is 4.91. The summed E-state index contributed by atoms with van der Waals surface area (Å²) < 4.78 is 0. The number of rotatable bonds is 4. The Balaban J connectivity index is 1.51. The van der Waals surface area contributed by atoms with E-state index in [1.54, 1.807) is 0 Å². The molecule has 0 bridgehead atoms. The Hall–Kier alpha value is -0.120. The van der Waals surface area contributed by atoms with Crippen molar-refractivity contribution >= 4 is 0 Å². The lowest BCUT2D eigenvalue weighted by atomic mass is 9.87. The van der Waals surface area contributed by atoms with Gasteiger partial charge in [-0.15, -0.1) is 0 Å². The third kappa shape index (κ3) is 3.14. The number of aliphatic hydroxyl groups is 1. The van der Waals surface area contributed by atoms with E-state index in [4.69, 9.17) is 0 Å². The van der Waals surface area contributed by atoms with Gasteiger partial charge in [-0.25, -0.2) is 0 Å². The number of likely N-dealkylation sites (tertiary alicyclic amines) is 2. The summed E-state index contributed by atoms with van der Waals surface area (Å²) in [6, 6.07) is 0.803. The van der Waals surface area contributed by atoms with Gasteiger partial charge in [-0.05, 0) is 51.7 Å². The third-order valence-electron chi connectivity index (χ3n) is 5.71. The summed E-state index contributed by atoms with van der Waals surface area (Å²) in [4.78, 5) is 5.37. The first-order valence-electron chi connectivity index (χ1n) is 8.39. The average molecular weight is 266 g/mol. The summed E-state index contributed by atoms with van der Waals surface area (Å²) >= 11 is 0. The molecule has 0 radical (unpaired) electrons. The van der Waals surface area contributed by atoms with Crippen LogP contribution in [0.2, 0.25) is 0 Å². The van der Waals surface area contributed by atoms with E-state index < -0.39 is 0 Å². The molecule has 0 aromatic carbocycles. The molecule has 2 heterocycles. The first kappa shape index (κ1) is 13.8. The zero-order chi connectivity index (χ0) is 13.1. The van der Waals surface area contributed by atoms with Gasteiger partial charge >= 0.3 is 0 Å². The molecule has 1 aliphatic carbocycles. The Kier molecular flexibility index (Phi) is 4.45. The molecule has 0 spiro atoms. The van der Waals surface area contributed by atoms with Crippen LogP contribution in [-0.2, 0) is 0 Å². The molecule has 2 aliphatic heterocycles. The van der Waals surface area contributed by atoms with Crippen LogP contribution in [0.15, 0.2) is 0 Å². The topological polar surface area (TPSA) is 26.7 Å². The summed E-state index contributed by atoms with van der Waals surface area (Å²) in [6.07, 6.45) is 10.7. The minimum Gasteiger partial charge on any atom is -0.396 e. The predicted octanol–water partition coefficient (Wildman–Crippen LogP) is 2.10. The maximum atomic E-state index is 9.75. The zero-order valence-corrected chi connectivity index (χ0v) is 12.3. The Bertz CT molecular complexity index is 282. The van der Waals surface area contributed by atoms with Crippen molar-refractivity contribution in [2.24, 2.45) is 5.41 Å². The maximum Gasteiger partial charge on any atom is 0.0499 e. The van der Waals surface area contributed by atoms with Crippen molar-refractivity contribution in [2.75, 3.05) is 39.3 Å². The standard InChI is InChI=1S/C16H30N2O/c19-14-16(7-2-3-8-16)13-17-11-6-15(12-17)18-9-4-1-5-10-18/h15,19H,1-14H2. The summed E-state index contributed by atoms with van der Waals surface area (Å²) in [5, 5.41) is 9.75. The molecule has 0 aromatic heterocycles.